The third-order valence-electron chi connectivity index (χ3n) is 9.52. The summed E-state index contributed by atoms with van der Waals surface area (Å²) in [6.45, 7) is 0. The number of fused-ring (bicyclic) bond motifs is 10. The monoisotopic (exact) mass is 625 g/mol. The lowest BCUT2D eigenvalue weighted by Gasteiger charge is -2.13. The summed E-state index contributed by atoms with van der Waals surface area (Å²) in [6.07, 6.45) is 0. The van der Waals surface area contributed by atoms with Crippen LogP contribution >= 0.6 is 0 Å². The Balaban J connectivity index is 1.21. The fourth-order valence-electron chi connectivity index (χ4n) is 7.19. The summed E-state index contributed by atoms with van der Waals surface area (Å²) < 4.78 is 6.33. The minimum atomic E-state index is 0.633. The molecule has 0 aliphatic carbocycles. The van der Waals surface area contributed by atoms with Crippen molar-refractivity contribution in [1.82, 2.24) is 15.0 Å². The Hall–Kier alpha value is -6.65. The Bertz CT molecular complexity index is 2860. The van der Waals surface area contributed by atoms with Gasteiger partial charge in [0, 0.05) is 32.8 Å². The van der Waals surface area contributed by atoms with E-state index >= 15 is 0 Å². The summed E-state index contributed by atoms with van der Waals surface area (Å²) in [5.74, 6) is 1.91. The van der Waals surface area contributed by atoms with Gasteiger partial charge in [-0.3, -0.25) is 0 Å². The largest absolute Gasteiger partial charge is 0.456 e. The van der Waals surface area contributed by atoms with Crippen LogP contribution in [0.15, 0.2) is 168 Å². The highest BCUT2D eigenvalue weighted by atomic mass is 16.3. The lowest BCUT2D eigenvalue weighted by molar-refractivity contribution is 0.669. The topological polar surface area (TPSA) is 51.8 Å². The summed E-state index contributed by atoms with van der Waals surface area (Å²) in [5.41, 5.74) is 6.92. The van der Waals surface area contributed by atoms with Gasteiger partial charge in [0.15, 0.2) is 17.5 Å². The van der Waals surface area contributed by atoms with Crippen molar-refractivity contribution in [2.75, 3.05) is 0 Å². The molecule has 0 saturated heterocycles. The van der Waals surface area contributed by atoms with Crippen LogP contribution in [-0.4, -0.2) is 15.0 Å². The molecule has 0 amide bonds. The molecule has 0 bridgehead atoms. The smallest absolute Gasteiger partial charge is 0.164 e. The molecule has 0 N–H and O–H groups in total. The van der Waals surface area contributed by atoms with Crippen molar-refractivity contribution >= 4 is 54.3 Å². The average molecular weight is 626 g/mol. The Morgan fingerprint density at radius 1 is 0.286 bits per heavy atom. The van der Waals surface area contributed by atoms with Crippen molar-refractivity contribution in [3.05, 3.63) is 164 Å². The van der Waals surface area contributed by atoms with Gasteiger partial charge in [0.2, 0.25) is 0 Å². The number of para-hydroxylation sites is 1. The second-order valence-electron chi connectivity index (χ2n) is 12.4. The first-order valence-electron chi connectivity index (χ1n) is 16.4. The zero-order chi connectivity index (χ0) is 32.3. The van der Waals surface area contributed by atoms with E-state index in [1.165, 1.54) is 32.5 Å². The third-order valence-corrected chi connectivity index (χ3v) is 9.52. The fourth-order valence-corrected chi connectivity index (χ4v) is 7.19. The van der Waals surface area contributed by atoms with E-state index in [1.807, 2.05) is 48.5 Å². The minimum Gasteiger partial charge on any atom is -0.456 e. The number of hydrogen-bond donors (Lipinski definition) is 0. The van der Waals surface area contributed by atoms with E-state index in [2.05, 4.69) is 115 Å². The SMILES string of the molecule is c1ccc(-c2ccc(-c3nc(-c4ccccc4)nc(-c4ccc5c(c4)c4ccccc4c4ccc6oc7ccccc7c6c45)n3)cc2)cc1. The van der Waals surface area contributed by atoms with E-state index in [0.29, 0.717) is 17.5 Å². The van der Waals surface area contributed by atoms with Gasteiger partial charge in [-0.25, -0.2) is 15.0 Å². The molecule has 10 aromatic rings. The van der Waals surface area contributed by atoms with Crippen LogP contribution in [0.25, 0.3) is 99.5 Å². The number of furan rings is 1. The van der Waals surface area contributed by atoms with Gasteiger partial charge in [-0.05, 0) is 62.3 Å². The molecule has 0 radical (unpaired) electrons. The molecule has 10 rings (SSSR count). The first-order valence-corrected chi connectivity index (χ1v) is 16.4. The van der Waals surface area contributed by atoms with E-state index < -0.39 is 0 Å². The summed E-state index contributed by atoms with van der Waals surface area (Å²) >= 11 is 0. The zero-order valence-corrected chi connectivity index (χ0v) is 26.3. The second-order valence-corrected chi connectivity index (χ2v) is 12.4. The van der Waals surface area contributed by atoms with Crippen molar-refractivity contribution in [2.45, 2.75) is 0 Å². The summed E-state index contributed by atoms with van der Waals surface area (Å²) in [5, 5.41) is 9.38. The van der Waals surface area contributed by atoms with E-state index in [-0.39, 0.29) is 0 Å². The first kappa shape index (κ1) is 27.5. The maximum Gasteiger partial charge on any atom is 0.164 e. The lowest BCUT2D eigenvalue weighted by Crippen LogP contribution is -2.00. The molecule has 0 atom stereocenters. The van der Waals surface area contributed by atoms with Crippen molar-refractivity contribution in [1.29, 1.82) is 0 Å². The average Bonchev–Trinajstić information content (AvgIpc) is 3.57. The lowest BCUT2D eigenvalue weighted by atomic mass is 9.91. The van der Waals surface area contributed by atoms with Gasteiger partial charge >= 0.3 is 0 Å². The maximum atomic E-state index is 6.33. The van der Waals surface area contributed by atoms with Gasteiger partial charge in [-0.1, -0.05) is 140 Å². The molecule has 0 unspecified atom stereocenters. The van der Waals surface area contributed by atoms with Crippen LogP contribution in [0.2, 0.25) is 0 Å². The molecule has 0 aliphatic rings. The third kappa shape index (κ3) is 4.49. The van der Waals surface area contributed by atoms with Crippen molar-refractivity contribution in [2.24, 2.45) is 0 Å². The molecule has 0 fully saturated rings. The van der Waals surface area contributed by atoms with E-state index in [4.69, 9.17) is 19.4 Å². The Morgan fingerprint density at radius 2 is 0.755 bits per heavy atom. The quantitative estimate of drug-likeness (QED) is 0.183. The highest BCUT2D eigenvalue weighted by Crippen LogP contribution is 2.43. The highest BCUT2D eigenvalue weighted by Gasteiger charge is 2.18. The molecule has 4 nitrogen and oxygen atoms in total. The molecule has 2 aromatic heterocycles. The van der Waals surface area contributed by atoms with Crippen LogP contribution in [0.4, 0.5) is 0 Å². The van der Waals surface area contributed by atoms with Crippen LogP contribution in [0.1, 0.15) is 0 Å². The first-order chi connectivity index (χ1) is 24.3. The highest BCUT2D eigenvalue weighted by molar-refractivity contribution is 6.34. The Kier molecular flexibility index (Phi) is 6.15. The minimum absolute atomic E-state index is 0.633. The number of aromatic nitrogens is 3. The predicted octanol–water partition coefficient (Wildman–Crippen LogP) is 11.9. The van der Waals surface area contributed by atoms with Crippen LogP contribution in [-0.2, 0) is 0 Å². The zero-order valence-electron chi connectivity index (χ0n) is 26.3. The number of benzene rings is 8. The molecular formula is C45H27N3O. The van der Waals surface area contributed by atoms with Crippen molar-refractivity contribution in [3.8, 4) is 45.3 Å². The van der Waals surface area contributed by atoms with Crippen LogP contribution in [0.3, 0.4) is 0 Å². The summed E-state index contributed by atoms with van der Waals surface area (Å²) in [6, 6.07) is 56.8. The van der Waals surface area contributed by atoms with Crippen LogP contribution in [0.5, 0.6) is 0 Å². The molecule has 2 heterocycles. The van der Waals surface area contributed by atoms with E-state index in [0.717, 1.165) is 49.6 Å². The molecular weight excluding hydrogens is 599 g/mol. The molecule has 4 heteroatoms. The summed E-state index contributed by atoms with van der Waals surface area (Å²) in [4.78, 5) is 15.1. The van der Waals surface area contributed by atoms with Gasteiger partial charge in [-0.15, -0.1) is 0 Å². The number of rotatable bonds is 4. The molecule has 49 heavy (non-hydrogen) atoms. The molecule has 0 saturated carbocycles. The van der Waals surface area contributed by atoms with Gasteiger partial charge in [-0.2, -0.15) is 0 Å². The van der Waals surface area contributed by atoms with Crippen LogP contribution in [0, 0.1) is 0 Å². The number of hydrogen-bond acceptors (Lipinski definition) is 4. The normalized spacial score (nSPS) is 11.7. The molecule has 0 spiro atoms. The molecule has 8 aromatic carbocycles. The summed E-state index contributed by atoms with van der Waals surface area (Å²) in [7, 11) is 0. The fraction of sp³-hybridized carbons (Fsp3) is 0. The van der Waals surface area contributed by atoms with Crippen molar-refractivity contribution < 1.29 is 4.42 Å². The molecule has 228 valence electrons. The Labute approximate surface area is 282 Å². The van der Waals surface area contributed by atoms with Gasteiger partial charge < -0.3 is 4.42 Å². The van der Waals surface area contributed by atoms with Gasteiger partial charge in [0.05, 0.1) is 0 Å². The Morgan fingerprint density at radius 3 is 1.47 bits per heavy atom. The number of nitrogens with zero attached hydrogens (tertiary/aromatic N) is 3. The molecule has 0 aliphatic heterocycles. The van der Waals surface area contributed by atoms with E-state index in [1.54, 1.807) is 0 Å². The standard InChI is InChI=1S/C45H27N3O/c1-3-11-28(12-4-1)29-19-21-31(22-20-29)44-46-43(30-13-5-2-6-14-30)47-45(48-44)32-23-24-36-38(27-32)34-16-8-7-15-33(34)35-25-26-40-42(41(35)36)37-17-9-10-18-39(37)49-40/h1-27H. The van der Waals surface area contributed by atoms with Gasteiger partial charge in [0.1, 0.15) is 11.2 Å². The predicted molar refractivity (Wildman–Crippen MR) is 201 cm³/mol. The van der Waals surface area contributed by atoms with Gasteiger partial charge in [0.25, 0.3) is 0 Å². The second kappa shape index (κ2) is 11.0. The van der Waals surface area contributed by atoms with Crippen molar-refractivity contribution in [3.63, 3.8) is 0 Å². The van der Waals surface area contributed by atoms with E-state index in [9.17, 15) is 0 Å². The van der Waals surface area contributed by atoms with Crippen LogP contribution < -0.4 is 0 Å². The maximum absolute atomic E-state index is 6.33.